The van der Waals surface area contributed by atoms with Gasteiger partial charge in [-0.05, 0) is 42.0 Å². The monoisotopic (exact) mass is 303 g/mol. The molecule has 0 amide bonds. The van der Waals surface area contributed by atoms with E-state index < -0.39 is 11.9 Å². The molecule has 6 heteroatoms. The summed E-state index contributed by atoms with van der Waals surface area (Å²) in [4.78, 5) is 23.2. The number of carboxylic acids is 2. The maximum atomic E-state index is 10.8. The number of nitrogens with two attached hydrogens (primary N) is 1. The van der Waals surface area contributed by atoms with Gasteiger partial charge in [0.1, 0.15) is 0 Å². The lowest BCUT2D eigenvalue weighted by atomic mass is 10.1. The molecule has 0 aliphatic carbocycles. The summed E-state index contributed by atoms with van der Waals surface area (Å²) in [5, 5.41) is 17.6. The van der Waals surface area contributed by atoms with Gasteiger partial charge in [-0.1, -0.05) is 17.8 Å². The first-order chi connectivity index (χ1) is 9.95. The van der Waals surface area contributed by atoms with E-state index in [1.165, 1.54) is 23.9 Å². The second-order valence-corrected chi connectivity index (χ2v) is 5.51. The van der Waals surface area contributed by atoms with Crippen LogP contribution in [0, 0.1) is 0 Å². The van der Waals surface area contributed by atoms with Crippen molar-refractivity contribution in [2.75, 3.05) is 5.73 Å². The lowest BCUT2D eigenvalue weighted by Crippen LogP contribution is -2.03. The smallest absolute Gasteiger partial charge is 0.335 e. The topological polar surface area (TPSA) is 101 Å². The molecule has 4 N–H and O–H groups in total. The highest BCUT2D eigenvalue weighted by Crippen LogP contribution is 2.30. The summed E-state index contributed by atoms with van der Waals surface area (Å²) in [6.45, 7) is 0. The van der Waals surface area contributed by atoms with E-state index in [1.54, 1.807) is 30.3 Å². The van der Waals surface area contributed by atoms with Gasteiger partial charge in [-0.15, -0.1) is 0 Å². The van der Waals surface area contributed by atoms with E-state index in [4.69, 9.17) is 15.9 Å². The van der Waals surface area contributed by atoms with Crippen LogP contribution in [0.2, 0.25) is 0 Å². The fourth-order valence-electron chi connectivity index (χ4n) is 1.76. The number of anilines is 1. The van der Waals surface area contributed by atoms with E-state index >= 15 is 0 Å². The van der Waals surface area contributed by atoms with Crippen molar-refractivity contribution in [3.8, 4) is 0 Å². The van der Waals surface area contributed by atoms with Crippen molar-refractivity contribution in [1.82, 2.24) is 0 Å². The number of aromatic carboxylic acids is 1. The molecule has 0 saturated carbocycles. The van der Waals surface area contributed by atoms with E-state index in [-0.39, 0.29) is 12.0 Å². The molecular formula is C15H13NO4S. The quantitative estimate of drug-likeness (QED) is 0.734. The molecular weight excluding hydrogens is 290 g/mol. The number of rotatable bonds is 5. The molecule has 0 atom stereocenters. The van der Waals surface area contributed by atoms with Gasteiger partial charge >= 0.3 is 11.9 Å². The third-order valence-corrected chi connectivity index (χ3v) is 3.79. The summed E-state index contributed by atoms with van der Waals surface area (Å²) in [6, 6.07) is 11.7. The zero-order valence-electron chi connectivity index (χ0n) is 10.9. The van der Waals surface area contributed by atoms with E-state index in [0.29, 0.717) is 11.3 Å². The average molecular weight is 303 g/mol. The number of hydrogen-bond donors (Lipinski definition) is 3. The van der Waals surface area contributed by atoms with Crippen molar-refractivity contribution in [3.05, 3.63) is 53.6 Å². The van der Waals surface area contributed by atoms with Crippen molar-refractivity contribution in [2.45, 2.75) is 16.2 Å². The molecule has 0 unspecified atom stereocenters. The largest absolute Gasteiger partial charge is 0.481 e. The van der Waals surface area contributed by atoms with Crippen LogP contribution in [-0.4, -0.2) is 22.2 Å². The third kappa shape index (κ3) is 4.00. The molecule has 21 heavy (non-hydrogen) atoms. The van der Waals surface area contributed by atoms with Crippen molar-refractivity contribution in [3.63, 3.8) is 0 Å². The summed E-state index contributed by atoms with van der Waals surface area (Å²) in [5.74, 6) is -1.89. The van der Waals surface area contributed by atoms with Gasteiger partial charge in [0.25, 0.3) is 0 Å². The summed E-state index contributed by atoms with van der Waals surface area (Å²) in [5.41, 5.74) is 7.08. The van der Waals surface area contributed by atoms with Gasteiger partial charge in [-0.3, -0.25) is 4.79 Å². The molecule has 0 saturated heterocycles. The molecule has 108 valence electrons. The first-order valence-corrected chi connectivity index (χ1v) is 6.89. The van der Waals surface area contributed by atoms with Crippen LogP contribution in [-0.2, 0) is 11.2 Å². The fourth-order valence-corrected chi connectivity index (χ4v) is 2.63. The Morgan fingerprint density at radius 2 is 1.62 bits per heavy atom. The number of carbonyl (C=O) groups is 2. The maximum absolute atomic E-state index is 10.8. The highest BCUT2D eigenvalue weighted by molar-refractivity contribution is 7.99. The highest BCUT2D eigenvalue weighted by atomic mass is 32.2. The second kappa shape index (κ2) is 6.32. The van der Waals surface area contributed by atoms with Crippen molar-refractivity contribution >= 4 is 29.4 Å². The minimum Gasteiger partial charge on any atom is -0.481 e. The van der Waals surface area contributed by atoms with Gasteiger partial charge < -0.3 is 15.9 Å². The molecule has 0 fully saturated rings. The zero-order valence-corrected chi connectivity index (χ0v) is 11.8. The normalized spacial score (nSPS) is 10.3. The second-order valence-electron chi connectivity index (χ2n) is 4.36. The SMILES string of the molecule is Nc1cc(Sc2ccc(C(=O)O)cc2)ccc1CC(=O)O. The Balaban J connectivity index is 2.14. The van der Waals surface area contributed by atoms with Crippen LogP contribution in [0.5, 0.6) is 0 Å². The molecule has 0 aliphatic heterocycles. The Morgan fingerprint density at radius 1 is 1.00 bits per heavy atom. The van der Waals surface area contributed by atoms with E-state index in [1.807, 2.05) is 0 Å². The lowest BCUT2D eigenvalue weighted by Gasteiger charge is -2.07. The fraction of sp³-hybridized carbons (Fsp3) is 0.0667. The van der Waals surface area contributed by atoms with Crippen LogP contribution in [0.3, 0.4) is 0 Å². The summed E-state index contributed by atoms with van der Waals surface area (Å²) >= 11 is 1.43. The molecule has 0 aromatic heterocycles. The average Bonchev–Trinajstić information content (AvgIpc) is 2.42. The first-order valence-electron chi connectivity index (χ1n) is 6.07. The predicted molar refractivity (Wildman–Crippen MR) is 79.7 cm³/mol. The molecule has 0 heterocycles. The lowest BCUT2D eigenvalue weighted by molar-refractivity contribution is -0.136. The number of nitrogen functional groups attached to an aromatic ring is 1. The highest BCUT2D eigenvalue weighted by Gasteiger charge is 2.07. The van der Waals surface area contributed by atoms with Gasteiger partial charge in [-0.2, -0.15) is 0 Å². The first kappa shape index (κ1) is 14.9. The predicted octanol–water partition coefficient (Wildman–Crippen LogP) is 2.75. The zero-order chi connectivity index (χ0) is 15.4. The Hall–Kier alpha value is -2.47. The van der Waals surface area contributed by atoms with Crippen LogP contribution >= 0.6 is 11.8 Å². The van der Waals surface area contributed by atoms with Gasteiger partial charge in [0, 0.05) is 15.5 Å². The third-order valence-electron chi connectivity index (χ3n) is 2.80. The molecule has 0 aliphatic rings. The van der Waals surface area contributed by atoms with Crippen LogP contribution in [0.1, 0.15) is 15.9 Å². The number of hydrogen-bond acceptors (Lipinski definition) is 4. The molecule has 0 bridgehead atoms. The Morgan fingerprint density at radius 3 is 2.14 bits per heavy atom. The number of carboxylic acid groups (broad SMARTS) is 2. The Bertz CT molecular complexity index is 683. The number of benzene rings is 2. The van der Waals surface area contributed by atoms with Gasteiger partial charge in [-0.25, -0.2) is 4.79 Å². The van der Waals surface area contributed by atoms with E-state index in [2.05, 4.69) is 0 Å². The van der Waals surface area contributed by atoms with Gasteiger partial charge in [0.2, 0.25) is 0 Å². The molecule has 2 aromatic carbocycles. The van der Waals surface area contributed by atoms with Crippen molar-refractivity contribution < 1.29 is 19.8 Å². The van der Waals surface area contributed by atoms with Crippen LogP contribution in [0.25, 0.3) is 0 Å². The van der Waals surface area contributed by atoms with Crippen molar-refractivity contribution in [1.29, 1.82) is 0 Å². The maximum Gasteiger partial charge on any atom is 0.335 e. The standard InChI is InChI=1S/C15H13NO4S/c16-13-8-12(6-3-10(13)7-14(17)18)21-11-4-1-9(2-5-11)15(19)20/h1-6,8H,7,16H2,(H,17,18)(H,19,20). The summed E-state index contributed by atoms with van der Waals surface area (Å²) in [6.07, 6.45) is -0.107. The van der Waals surface area contributed by atoms with Crippen LogP contribution in [0.4, 0.5) is 5.69 Å². The van der Waals surface area contributed by atoms with Gasteiger partial charge in [0.15, 0.2) is 0 Å². The molecule has 5 nitrogen and oxygen atoms in total. The minimum atomic E-state index is -0.964. The Labute approximate surface area is 125 Å². The van der Waals surface area contributed by atoms with E-state index in [0.717, 1.165) is 9.79 Å². The molecule has 2 rings (SSSR count). The molecule has 0 spiro atoms. The van der Waals surface area contributed by atoms with E-state index in [9.17, 15) is 9.59 Å². The van der Waals surface area contributed by atoms with Gasteiger partial charge in [0.05, 0.1) is 12.0 Å². The van der Waals surface area contributed by atoms with Crippen molar-refractivity contribution in [2.24, 2.45) is 0 Å². The molecule has 0 radical (unpaired) electrons. The van der Waals surface area contributed by atoms with Crippen LogP contribution < -0.4 is 5.73 Å². The number of aliphatic carboxylic acids is 1. The summed E-state index contributed by atoms with van der Waals surface area (Å²) < 4.78 is 0. The minimum absolute atomic E-state index is 0.107. The Kier molecular flexibility index (Phi) is 4.49. The molecule has 2 aromatic rings. The van der Waals surface area contributed by atoms with Crippen LogP contribution in [0.15, 0.2) is 52.3 Å². The summed E-state index contributed by atoms with van der Waals surface area (Å²) in [7, 11) is 0.